The zero-order valence-electron chi connectivity index (χ0n) is 7.66. The Morgan fingerprint density at radius 1 is 1.69 bits per heavy atom. The number of hydrogen-bond donors (Lipinski definition) is 1. The second kappa shape index (κ2) is 4.28. The van der Waals surface area contributed by atoms with Crippen LogP contribution in [-0.4, -0.2) is 9.53 Å². The van der Waals surface area contributed by atoms with Gasteiger partial charge in [-0.15, -0.1) is 0 Å². The molecule has 0 saturated carbocycles. The average molecular weight is 309 g/mol. The zero-order valence-corrected chi connectivity index (χ0v) is 10.6. The maximum absolute atomic E-state index is 9.63. The SMILES string of the molecule is CC[C@H](O)c1ccc(C2CC[I-]2)s1. The first kappa shape index (κ1) is 9.93. The van der Waals surface area contributed by atoms with Gasteiger partial charge < -0.3 is 0 Å². The van der Waals surface area contributed by atoms with Crippen molar-refractivity contribution < 1.29 is 26.3 Å². The number of hydrogen-bond acceptors (Lipinski definition) is 2. The van der Waals surface area contributed by atoms with E-state index in [1.165, 1.54) is 15.7 Å². The number of thiophene rings is 1. The third kappa shape index (κ3) is 2.07. The quantitative estimate of drug-likeness (QED) is 0.602. The van der Waals surface area contributed by atoms with E-state index in [0.717, 1.165) is 15.2 Å². The van der Waals surface area contributed by atoms with Crippen LogP contribution in [-0.2, 0) is 0 Å². The minimum atomic E-state index is -0.225. The number of halogens is 1. The summed E-state index contributed by atoms with van der Waals surface area (Å²) in [5.74, 6) is 0. The van der Waals surface area contributed by atoms with Crippen molar-refractivity contribution in [1.29, 1.82) is 0 Å². The predicted molar refractivity (Wildman–Crippen MR) is 51.8 cm³/mol. The molecule has 74 valence electrons. The summed E-state index contributed by atoms with van der Waals surface area (Å²) in [7, 11) is 0. The molecule has 0 aliphatic carbocycles. The molecule has 0 bridgehead atoms. The van der Waals surface area contributed by atoms with Crippen molar-refractivity contribution in [3.05, 3.63) is 21.9 Å². The molecular weight excluding hydrogens is 295 g/mol. The molecule has 2 heterocycles. The van der Waals surface area contributed by atoms with Gasteiger partial charge in [0.1, 0.15) is 0 Å². The molecule has 1 fully saturated rings. The molecule has 13 heavy (non-hydrogen) atoms. The van der Waals surface area contributed by atoms with Crippen molar-refractivity contribution in [2.24, 2.45) is 0 Å². The first-order chi connectivity index (χ1) is 6.31. The summed E-state index contributed by atoms with van der Waals surface area (Å²) in [4.78, 5) is 2.69. The van der Waals surface area contributed by atoms with Crippen LogP contribution in [0, 0.1) is 0 Å². The van der Waals surface area contributed by atoms with Crippen molar-refractivity contribution in [2.75, 3.05) is 4.43 Å². The molecule has 1 aromatic heterocycles. The Hall–Kier alpha value is 0.390. The van der Waals surface area contributed by atoms with E-state index in [-0.39, 0.29) is 6.10 Å². The van der Waals surface area contributed by atoms with Crippen molar-refractivity contribution in [1.82, 2.24) is 0 Å². The summed E-state index contributed by atoms with van der Waals surface area (Å²) >= 11 is 2.29. The Labute approximate surface area is 93.4 Å². The van der Waals surface area contributed by atoms with Crippen LogP contribution in [0.4, 0.5) is 0 Å². The van der Waals surface area contributed by atoms with E-state index < -0.39 is 0 Å². The van der Waals surface area contributed by atoms with Crippen LogP contribution in [0.5, 0.6) is 0 Å². The van der Waals surface area contributed by atoms with Gasteiger partial charge in [0.2, 0.25) is 0 Å². The fourth-order valence-corrected chi connectivity index (χ4v) is 5.14. The molecule has 3 heteroatoms. The average Bonchev–Trinajstić information content (AvgIpc) is 2.49. The molecular formula is C10H14IOS-. The number of aliphatic hydroxyl groups is 1. The first-order valence-corrected chi connectivity index (χ1v) is 8.25. The molecule has 1 saturated heterocycles. The van der Waals surface area contributed by atoms with Gasteiger partial charge in [0, 0.05) is 0 Å². The van der Waals surface area contributed by atoms with Gasteiger partial charge in [0.15, 0.2) is 0 Å². The zero-order chi connectivity index (χ0) is 9.26. The third-order valence-electron chi connectivity index (χ3n) is 2.33. The predicted octanol–water partition coefficient (Wildman–Crippen LogP) is -0.275. The summed E-state index contributed by atoms with van der Waals surface area (Å²) in [6, 6.07) is 4.33. The molecule has 2 rings (SSSR count). The molecule has 1 aliphatic heterocycles. The monoisotopic (exact) mass is 309 g/mol. The van der Waals surface area contributed by atoms with Crippen LogP contribution in [0.2, 0.25) is 0 Å². The number of aliphatic hydroxyl groups excluding tert-OH is 1. The van der Waals surface area contributed by atoms with E-state index in [2.05, 4.69) is 12.1 Å². The molecule has 0 radical (unpaired) electrons. The molecule has 2 atom stereocenters. The van der Waals surface area contributed by atoms with Crippen LogP contribution in [0.15, 0.2) is 12.1 Å². The van der Waals surface area contributed by atoms with Crippen molar-refractivity contribution in [2.45, 2.75) is 29.8 Å². The topological polar surface area (TPSA) is 20.2 Å². The Morgan fingerprint density at radius 2 is 2.46 bits per heavy atom. The fourth-order valence-electron chi connectivity index (χ4n) is 1.35. The van der Waals surface area contributed by atoms with Crippen LogP contribution in [0.25, 0.3) is 0 Å². The molecule has 1 aliphatic rings. The normalized spacial score (nSPS) is 24.6. The number of rotatable bonds is 3. The van der Waals surface area contributed by atoms with E-state index in [1.54, 1.807) is 0 Å². The minimum absolute atomic E-state index is 0.225. The fraction of sp³-hybridized carbons (Fsp3) is 0.600. The summed E-state index contributed by atoms with van der Waals surface area (Å²) in [6.07, 6.45) is 2.01. The van der Waals surface area contributed by atoms with Crippen LogP contribution < -0.4 is 21.2 Å². The van der Waals surface area contributed by atoms with Gasteiger partial charge >= 0.3 is 93.8 Å². The standard InChI is InChI=1S/C10H14IOS/c1-2-8(12)10-4-3-9(13-10)7-5-6-11-7/h3-4,7-8,12H,2,5-6H2,1H3/q-1/t7?,8-/m0/s1. The van der Waals surface area contributed by atoms with Gasteiger partial charge in [-0.25, -0.2) is 0 Å². The molecule has 0 aromatic carbocycles. The van der Waals surface area contributed by atoms with Crippen molar-refractivity contribution >= 4 is 11.3 Å². The summed E-state index contributed by atoms with van der Waals surface area (Å²) in [6.45, 7) is 2.03. The molecule has 1 nitrogen and oxygen atoms in total. The molecule has 0 amide bonds. The van der Waals surface area contributed by atoms with E-state index >= 15 is 0 Å². The Kier molecular flexibility index (Phi) is 3.26. The Morgan fingerprint density at radius 3 is 3.00 bits per heavy atom. The molecule has 0 spiro atoms. The van der Waals surface area contributed by atoms with E-state index in [0.29, 0.717) is 21.2 Å². The van der Waals surface area contributed by atoms with Gasteiger partial charge in [0.05, 0.1) is 0 Å². The van der Waals surface area contributed by atoms with Crippen molar-refractivity contribution in [3.63, 3.8) is 0 Å². The second-order valence-electron chi connectivity index (χ2n) is 3.26. The summed E-state index contributed by atoms with van der Waals surface area (Å²) in [5.41, 5.74) is 0. The molecule has 1 N–H and O–H groups in total. The second-order valence-corrected chi connectivity index (χ2v) is 7.87. The van der Waals surface area contributed by atoms with Crippen LogP contribution in [0.1, 0.15) is 39.5 Å². The maximum atomic E-state index is 9.63. The van der Waals surface area contributed by atoms with E-state index in [9.17, 15) is 5.11 Å². The number of alkyl halides is 2. The van der Waals surface area contributed by atoms with Crippen LogP contribution >= 0.6 is 11.3 Å². The van der Waals surface area contributed by atoms with Gasteiger partial charge in [0.25, 0.3) is 0 Å². The van der Waals surface area contributed by atoms with Crippen molar-refractivity contribution in [3.8, 4) is 0 Å². The Bertz CT molecular complexity index is 261. The van der Waals surface area contributed by atoms with Crippen LogP contribution in [0.3, 0.4) is 0 Å². The third-order valence-corrected chi connectivity index (χ3v) is 7.65. The van der Waals surface area contributed by atoms with Gasteiger partial charge in [-0.3, -0.25) is 0 Å². The van der Waals surface area contributed by atoms with E-state index in [1.807, 2.05) is 18.3 Å². The summed E-state index contributed by atoms with van der Waals surface area (Å²) < 4.78 is 2.41. The molecule has 1 aromatic rings. The van der Waals surface area contributed by atoms with Gasteiger partial charge in [-0.05, 0) is 0 Å². The van der Waals surface area contributed by atoms with Gasteiger partial charge in [-0.2, -0.15) is 0 Å². The van der Waals surface area contributed by atoms with E-state index in [4.69, 9.17) is 0 Å². The summed E-state index contributed by atoms with van der Waals surface area (Å²) in [5, 5.41) is 9.63. The van der Waals surface area contributed by atoms with Gasteiger partial charge in [-0.1, -0.05) is 0 Å². The first-order valence-electron chi connectivity index (χ1n) is 4.66. The molecule has 1 unspecified atom stereocenters. The Balaban J connectivity index is 2.08.